The zero-order valence-electron chi connectivity index (χ0n) is 11.1. The van der Waals surface area contributed by atoms with E-state index in [4.69, 9.17) is 0 Å². The molecule has 0 aliphatic carbocycles. The van der Waals surface area contributed by atoms with Crippen LogP contribution in [0.1, 0.15) is 0 Å². The van der Waals surface area contributed by atoms with Crippen molar-refractivity contribution in [2.75, 3.05) is 0 Å². The van der Waals surface area contributed by atoms with Crippen molar-refractivity contribution in [3.8, 4) is 0 Å². The summed E-state index contributed by atoms with van der Waals surface area (Å²) in [7, 11) is -0.0146. The normalized spacial score (nSPS) is 10.1. The highest BCUT2D eigenvalue weighted by Crippen LogP contribution is 2.30. The topological polar surface area (TPSA) is 0 Å². The van der Waals surface area contributed by atoms with E-state index < -0.39 is 0 Å². The second-order valence-electron chi connectivity index (χ2n) is 4.25. The van der Waals surface area contributed by atoms with E-state index in [9.17, 15) is 0 Å². The zero-order chi connectivity index (χ0) is 12.9. The van der Waals surface area contributed by atoms with Crippen molar-refractivity contribution in [2.24, 2.45) is 0 Å². The van der Waals surface area contributed by atoms with E-state index in [2.05, 4.69) is 91.0 Å². The molecule has 0 radical (unpaired) electrons. The van der Waals surface area contributed by atoms with Crippen LogP contribution in [0.4, 0.5) is 0 Å². The van der Waals surface area contributed by atoms with Gasteiger partial charge in [-0.2, -0.15) is 0 Å². The first-order valence-corrected chi connectivity index (χ1v) is 7.57. The van der Waals surface area contributed by atoms with Crippen LogP contribution in [0, 0.1) is 0 Å². The Hall–Kier alpha value is -1.56. The lowest BCUT2D eigenvalue weighted by atomic mass is 10.4. The van der Waals surface area contributed by atoms with Crippen LogP contribution in [0.25, 0.3) is 0 Å². The Bertz CT molecular complexity index is 529. The van der Waals surface area contributed by atoms with Crippen molar-refractivity contribution in [2.45, 2.75) is 14.7 Å². The van der Waals surface area contributed by atoms with E-state index in [0.29, 0.717) is 0 Å². The molecule has 0 unspecified atom stereocenters. The zero-order valence-corrected chi connectivity index (χ0v) is 13.1. The van der Waals surface area contributed by atoms with Gasteiger partial charge in [0, 0.05) is 0 Å². The molecule has 2 heteroatoms. The maximum Gasteiger partial charge on any atom is 0.166 e. The molecule has 0 aliphatic heterocycles. The lowest BCUT2D eigenvalue weighted by Gasteiger charge is -2.07. The van der Waals surface area contributed by atoms with Crippen LogP contribution in [0.5, 0.6) is 0 Å². The Kier molecular flexibility index (Phi) is 5.40. The first-order valence-electron chi connectivity index (χ1n) is 6.34. The number of rotatable bonds is 3. The Morgan fingerprint density at radius 2 is 0.650 bits per heavy atom. The molecule has 3 aromatic carbocycles. The third-order valence-corrected chi connectivity index (χ3v) is 5.17. The van der Waals surface area contributed by atoms with Crippen molar-refractivity contribution < 1.29 is 0 Å². The van der Waals surface area contributed by atoms with Crippen LogP contribution in [0.3, 0.4) is 0 Å². The Morgan fingerprint density at radius 1 is 0.400 bits per heavy atom. The van der Waals surface area contributed by atoms with E-state index in [1.807, 2.05) is 0 Å². The summed E-state index contributed by atoms with van der Waals surface area (Å²) in [5.41, 5.74) is 0. The largest absolute Gasteiger partial charge is 0.577 e. The number of benzene rings is 3. The molecule has 100 valence electrons. The van der Waals surface area contributed by atoms with Crippen LogP contribution >= 0.6 is 9.90 Å². The van der Waals surface area contributed by atoms with E-state index >= 15 is 0 Å². The molecule has 3 aromatic rings. The second kappa shape index (κ2) is 7.28. The van der Waals surface area contributed by atoms with E-state index in [-0.39, 0.29) is 20.8 Å². The number of hydrogen-bond acceptors (Lipinski definition) is 0. The smallest absolute Gasteiger partial charge is 0.166 e. The molecule has 0 bridgehead atoms. The molecule has 0 heterocycles. The Balaban J connectivity index is 0.00000147. The van der Waals surface area contributed by atoms with Crippen molar-refractivity contribution in [3.63, 3.8) is 0 Å². The quantitative estimate of drug-likeness (QED) is 0.465. The van der Waals surface area contributed by atoms with Gasteiger partial charge in [-0.25, -0.2) is 0 Å². The molecular weight excluding hydrogens is 279 g/mol. The summed E-state index contributed by atoms with van der Waals surface area (Å²) in [5, 5.41) is 0. The lowest BCUT2D eigenvalue weighted by Crippen LogP contribution is -2.04. The fraction of sp³-hybridized carbons (Fsp3) is 0. The minimum Gasteiger partial charge on any atom is -0.577 e. The fourth-order valence-electron chi connectivity index (χ4n) is 2.08. The minimum atomic E-state index is -0.0146. The third kappa shape index (κ3) is 3.30. The van der Waals surface area contributed by atoms with Crippen LogP contribution in [-0.4, -0.2) is 0 Å². The molecule has 0 N–H and O–H groups in total. The third-order valence-electron chi connectivity index (χ3n) is 2.94. The molecule has 0 saturated heterocycles. The maximum absolute atomic E-state index is 2.21. The van der Waals surface area contributed by atoms with Gasteiger partial charge in [0.25, 0.3) is 0 Å². The van der Waals surface area contributed by atoms with Crippen molar-refractivity contribution in [1.29, 1.82) is 0 Å². The standard InChI is InChI=1S/C18H15S.H2P/c1-4-10-16(11-5-1)19(17-12-6-2-7-13-17)18-14-8-3-9-15-18;/h1-15H;1H2/q+1;-1. The molecule has 20 heavy (non-hydrogen) atoms. The second-order valence-corrected chi connectivity index (χ2v) is 6.27. The van der Waals surface area contributed by atoms with Crippen molar-refractivity contribution in [3.05, 3.63) is 91.0 Å². The van der Waals surface area contributed by atoms with E-state index in [0.717, 1.165) is 0 Å². The average molecular weight is 296 g/mol. The Morgan fingerprint density at radius 3 is 0.900 bits per heavy atom. The van der Waals surface area contributed by atoms with Gasteiger partial charge < -0.3 is 9.90 Å². The predicted octanol–water partition coefficient (Wildman–Crippen LogP) is 5.11. The van der Waals surface area contributed by atoms with Crippen LogP contribution < -0.4 is 0 Å². The average Bonchev–Trinajstić information content (AvgIpc) is 2.51. The summed E-state index contributed by atoms with van der Waals surface area (Å²) in [6.45, 7) is 0. The van der Waals surface area contributed by atoms with Crippen LogP contribution in [0.15, 0.2) is 106 Å². The van der Waals surface area contributed by atoms with Gasteiger partial charge in [-0.15, -0.1) is 0 Å². The molecule has 0 aliphatic rings. The van der Waals surface area contributed by atoms with Gasteiger partial charge in [0.2, 0.25) is 0 Å². The number of hydrogen-bond donors (Lipinski definition) is 0. The van der Waals surface area contributed by atoms with Gasteiger partial charge in [-0.1, -0.05) is 54.6 Å². The van der Waals surface area contributed by atoms with E-state index in [1.165, 1.54) is 14.7 Å². The lowest BCUT2D eigenvalue weighted by molar-refractivity contribution is 1.32. The first-order chi connectivity index (χ1) is 9.45. The SMILES string of the molecule is [PH2-].c1ccc([S+](c2ccccc2)c2ccccc2)cc1. The highest BCUT2D eigenvalue weighted by atomic mass is 32.2. The van der Waals surface area contributed by atoms with Crippen LogP contribution in [-0.2, 0) is 10.9 Å². The van der Waals surface area contributed by atoms with Crippen LogP contribution in [0.2, 0.25) is 0 Å². The molecule has 0 fully saturated rings. The van der Waals surface area contributed by atoms with Gasteiger partial charge in [0.1, 0.15) is 0 Å². The molecule has 0 amide bonds. The molecule has 0 aromatic heterocycles. The summed E-state index contributed by atoms with van der Waals surface area (Å²) in [6, 6.07) is 32.2. The molecule has 0 saturated carbocycles. The Labute approximate surface area is 126 Å². The monoisotopic (exact) mass is 296 g/mol. The summed E-state index contributed by atoms with van der Waals surface area (Å²) >= 11 is 0. The fourth-order valence-corrected chi connectivity index (χ4v) is 4.18. The van der Waals surface area contributed by atoms with Crippen molar-refractivity contribution in [1.82, 2.24) is 0 Å². The van der Waals surface area contributed by atoms with Gasteiger partial charge in [0.05, 0.1) is 10.9 Å². The molecule has 0 atom stereocenters. The van der Waals surface area contributed by atoms with Gasteiger partial charge in [-0.05, 0) is 36.4 Å². The summed E-state index contributed by atoms with van der Waals surface area (Å²) in [5.74, 6) is 0. The van der Waals surface area contributed by atoms with Gasteiger partial charge in [-0.3, -0.25) is 0 Å². The molecule has 3 rings (SSSR count). The molecule has 0 spiro atoms. The summed E-state index contributed by atoms with van der Waals surface area (Å²) in [6.07, 6.45) is 0. The highest BCUT2D eigenvalue weighted by molar-refractivity contribution is 7.97. The minimum absolute atomic E-state index is 0. The van der Waals surface area contributed by atoms with E-state index in [1.54, 1.807) is 0 Å². The molecule has 0 nitrogen and oxygen atoms in total. The first kappa shape index (κ1) is 14.8. The summed E-state index contributed by atoms with van der Waals surface area (Å²) < 4.78 is 0. The summed E-state index contributed by atoms with van der Waals surface area (Å²) in [4.78, 5) is 4.08. The van der Waals surface area contributed by atoms with Crippen molar-refractivity contribution >= 4 is 20.8 Å². The van der Waals surface area contributed by atoms with Gasteiger partial charge in [0.15, 0.2) is 14.7 Å². The maximum atomic E-state index is 2.21. The highest BCUT2D eigenvalue weighted by Gasteiger charge is 2.27. The van der Waals surface area contributed by atoms with Gasteiger partial charge >= 0.3 is 0 Å². The predicted molar refractivity (Wildman–Crippen MR) is 91.2 cm³/mol. The molecular formula is C18H17PS.